The van der Waals surface area contributed by atoms with E-state index in [0.717, 1.165) is 29.7 Å². The fourth-order valence-corrected chi connectivity index (χ4v) is 4.90. The van der Waals surface area contributed by atoms with Crippen molar-refractivity contribution in [2.24, 2.45) is 5.41 Å². The number of halogens is 3. The number of anilines is 1. The Labute approximate surface area is 208 Å². The van der Waals surface area contributed by atoms with Crippen LogP contribution < -0.4 is 4.90 Å². The molecule has 188 valence electrons. The molecule has 8 heteroatoms. The fraction of sp³-hybridized carbons (Fsp3) is 0.393. The molecule has 0 bridgehead atoms. The van der Waals surface area contributed by atoms with Crippen LogP contribution in [0.15, 0.2) is 53.7 Å². The van der Waals surface area contributed by atoms with E-state index in [2.05, 4.69) is 26.8 Å². The number of aryl methyl sites for hydroxylation is 1. The summed E-state index contributed by atoms with van der Waals surface area (Å²) in [6.45, 7) is 6.35. The van der Waals surface area contributed by atoms with Gasteiger partial charge in [0.2, 0.25) is 0 Å². The average molecular weight is 496 g/mol. The molecular weight excluding hydrogens is 467 g/mol. The minimum absolute atomic E-state index is 0.0299. The third-order valence-electron chi connectivity index (χ3n) is 6.77. The van der Waals surface area contributed by atoms with Gasteiger partial charge in [0.25, 0.3) is 0 Å². The minimum atomic E-state index is -4.56. The van der Waals surface area contributed by atoms with E-state index in [1.165, 1.54) is 21.9 Å². The lowest BCUT2D eigenvalue weighted by atomic mass is 9.84. The molecular formula is C28H28F3N3O2. The van der Waals surface area contributed by atoms with Crippen LogP contribution in [0.3, 0.4) is 0 Å². The maximum Gasteiger partial charge on any atom is 0.416 e. The van der Waals surface area contributed by atoms with Gasteiger partial charge in [-0.2, -0.15) is 18.4 Å². The molecule has 1 aliphatic carbocycles. The Morgan fingerprint density at radius 2 is 1.78 bits per heavy atom. The number of rotatable bonds is 4. The van der Waals surface area contributed by atoms with Gasteiger partial charge in [0.15, 0.2) is 5.78 Å². The number of carbonyl (C=O) groups excluding carboxylic acids is 2. The first-order valence-corrected chi connectivity index (χ1v) is 11.8. The van der Waals surface area contributed by atoms with Crippen LogP contribution in [-0.2, 0) is 17.4 Å². The van der Waals surface area contributed by atoms with Gasteiger partial charge in [0, 0.05) is 24.7 Å². The van der Waals surface area contributed by atoms with Gasteiger partial charge in [0.1, 0.15) is 0 Å². The Morgan fingerprint density at radius 3 is 2.42 bits per heavy atom. The number of benzene rings is 2. The van der Waals surface area contributed by atoms with Gasteiger partial charge in [-0.1, -0.05) is 32.9 Å². The van der Waals surface area contributed by atoms with Crippen molar-refractivity contribution in [3.8, 4) is 6.07 Å². The molecule has 0 saturated carbocycles. The Morgan fingerprint density at radius 1 is 1.06 bits per heavy atom. The Bertz CT molecular complexity index is 1300. The van der Waals surface area contributed by atoms with Gasteiger partial charge in [0.05, 0.1) is 28.9 Å². The Balaban J connectivity index is 1.86. The molecule has 0 saturated heterocycles. The van der Waals surface area contributed by atoms with Gasteiger partial charge in [-0.25, -0.2) is 4.79 Å². The number of likely N-dealkylation sites (N-methyl/N-ethyl adjacent to an activating group) is 1. The Hall–Kier alpha value is -3.60. The van der Waals surface area contributed by atoms with Crippen LogP contribution in [0.2, 0.25) is 0 Å². The summed E-state index contributed by atoms with van der Waals surface area (Å²) in [6, 6.07) is 10.9. The molecule has 1 heterocycles. The molecule has 0 radical (unpaired) electrons. The van der Waals surface area contributed by atoms with Crippen molar-refractivity contribution in [1.29, 1.82) is 5.26 Å². The predicted molar refractivity (Wildman–Crippen MR) is 130 cm³/mol. The number of hydrogen-bond acceptors (Lipinski definition) is 3. The highest BCUT2D eigenvalue weighted by atomic mass is 19.4. The lowest BCUT2D eigenvalue weighted by molar-refractivity contribution is -0.137. The van der Waals surface area contributed by atoms with Crippen molar-refractivity contribution in [2.45, 2.75) is 58.7 Å². The maximum absolute atomic E-state index is 13.6. The number of alkyl halides is 3. The van der Waals surface area contributed by atoms with E-state index in [4.69, 9.17) is 0 Å². The minimum Gasteiger partial charge on any atom is -0.316 e. The molecule has 2 aromatic rings. The molecule has 5 nitrogen and oxygen atoms in total. The molecule has 1 atom stereocenters. The maximum atomic E-state index is 13.6. The molecule has 2 amide bonds. The third-order valence-corrected chi connectivity index (χ3v) is 6.77. The highest BCUT2D eigenvalue weighted by molar-refractivity contribution is 6.08. The van der Waals surface area contributed by atoms with Crippen molar-refractivity contribution in [3.63, 3.8) is 0 Å². The van der Waals surface area contributed by atoms with E-state index in [9.17, 15) is 28.0 Å². The summed E-state index contributed by atoms with van der Waals surface area (Å²) in [7, 11) is 1.56. The average Bonchev–Trinajstić information content (AvgIpc) is 3.18. The zero-order valence-electron chi connectivity index (χ0n) is 20.7. The summed E-state index contributed by atoms with van der Waals surface area (Å²) >= 11 is 0. The van der Waals surface area contributed by atoms with Gasteiger partial charge in [-0.3, -0.25) is 9.69 Å². The largest absolute Gasteiger partial charge is 0.416 e. The quantitative estimate of drug-likeness (QED) is 0.469. The topological polar surface area (TPSA) is 64.4 Å². The first kappa shape index (κ1) is 25.5. The van der Waals surface area contributed by atoms with Crippen LogP contribution in [0.25, 0.3) is 0 Å². The SMILES string of the molecule is CN1C(=O)N(c2cccc(C(F)(F)F)c2)C2=C(C(=O)CC2)[C@H]1c1ccc(C#N)cc1CCC(C)(C)C. The molecule has 1 aliphatic heterocycles. The summed E-state index contributed by atoms with van der Waals surface area (Å²) in [5, 5.41) is 9.45. The molecule has 0 unspecified atom stereocenters. The summed E-state index contributed by atoms with van der Waals surface area (Å²) in [5.41, 5.74) is 2.26. The zero-order chi connectivity index (χ0) is 26.4. The standard InChI is InChI=1S/C28H28F3N3O2/c1-27(2,3)13-12-18-14-17(16-32)8-9-21(18)25-24-22(10-11-23(24)35)34(26(36)33(25)4)20-7-5-6-19(15-20)28(29,30)31/h5-9,14-15,25H,10-13H2,1-4H3/t25-/m1/s1. The van der Waals surface area contributed by atoms with Gasteiger partial charge in [-0.15, -0.1) is 0 Å². The lowest BCUT2D eigenvalue weighted by Crippen LogP contribution is -2.48. The molecule has 0 spiro atoms. The van der Waals surface area contributed by atoms with E-state index < -0.39 is 23.8 Å². The van der Waals surface area contributed by atoms with Crippen LogP contribution in [0.1, 0.15) is 68.3 Å². The summed E-state index contributed by atoms with van der Waals surface area (Å²) < 4.78 is 40.1. The smallest absolute Gasteiger partial charge is 0.316 e. The van der Waals surface area contributed by atoms with E-state index >= 15 is 0 Å². The van der Waals surface area contributed by atoms with Crippen LogP contribution in [0, 0.1) is 16.7 Å². The van der Waals surface area contributed by atoms with Gasteiger partial charge in [-0.05, 0) is 66.1 Å². The van der Waals surface area contributed by atoms with Gasteiger partial charge >= 0.3 is 12.2 Å². The van der Waals surface area contributed by atoms with Crippen molar-refractivity contribution in [2.75, 3.05) is 11.9 Å². The van der Waals surface area contributed by atoms with E-state index in [-0.39, 0.29) is 29.7 Å². The van der Waals surface area contributed by atoms with Crippen molar-refractivity contribution >= 4 is 17.5 Å². The number of nitriles is 1. The van der Waals surface area contributed by atoms with Crippen LogP contribution >= 0.6 is 0 Å². The normalized spacial score (nSPS) is 18.6. The fourth-order valence-electron chi connectivity index (χ4n) is 4.90. The highest BCUT2D eigenvalue weighted by Crippen LogP contribution is 2.46. The first-order valence-electron chi connectivity index (χ1n) is 11.8. The zero-order valence-corrected chi connectivity index (χ0v) is 20.7. The van der Waals surface area contributed by atoms with Crippen molar-refractivity contribution in [3.05, 3.63) is 76.0 Å². The monoisotopic (exact) mass is 495 g/mol. The second kappa shape index (κ2) is 9.12. The number of Topliss-reactive ketones (excluding diaryl/α,β-unsaturated/α-hetero) is 1. The third kappa shape index (κ3) is 4.75. The molecule has 2 aliphatic rings. The van der Waals surface area contributed by atoms with Crippen LogP contribution in [0.5, 0.6) is 0 Å². The Kier molecular flexibility index (Phi) is 6.46. The number of carbonyl (C=O) groups is 2. The first-order chi connectivity index (χ1) is 16.8. The molecule has 0 fully saturated rings. The van der Waals surface area contributed by atoms with E-state index in [0.29, 0.717) is 23.3 Å². The summed E-state index contributed by atoms with van der Waals surface area (Å²) in [6.07, 6.45) is -2.62. The summed E-state index contributed by atoms with van der Waals surface area (Å²) in [4.78, 5) is 29.4. The second-order valence-electron chi connectivity index (χ2n) is 10.5. The number of ketones is 1. The summed E-state index contributed by atoms with van der Waals surface area (Å²) in [5.74, 6) is -0.127. The lowest BCUT2D eigenvalue weighted by Gasteiger charge is -2.41. The van der Waals surface area contributed by atoms with Crippen molar-refractivity contribution in [1.82, 2.24) is 4.90 Å². The highest BCUT2D eigenvalue weighted by Gasteiger charge is 2.45. The van der Waals surface area contributed by atoms with Crippen molar-refractivity contribution < 1.29 is 22.8 Å². The number of urea groups is 1. The van der Waals surface area contributed by atoms with Crippen LogP contribution in [0.4, 0.5) is 23.7 Å². The number of amides is 2. The predicted octanol–water partition coefficient (Wildman–Crippen LogP) is 6.79. The number of hydrogen-bond donors (Lipinski definition) is 0. The molecule has 0 aromatic heterocycles. The number of allylic oxidation sites excluding steroid dienone is 1. The van der Waals surface area contributed by atoms with Crippen LogP contribution in [-0.4, -0.2) is 23.8 Å². The molecule has 4 rings (SSSR count). The van der Waals surface area contributed by atoms with E-state index in [1.807, 2.05) is 0 Å². The molecule has 2 aromatic carbocycles. The van der Waals surface area contributed by atoms with E-state index in [1.54, 1.807) is 25.2 Å². The second-order valence-corrected chi connectivity index (χ2v) is 10.5. The molecule has 0 N–H and O–H groups in total. The molecule has 36 heavy (non-hydrogen) atoms. The van der Waals surface area contributed by atoms with Gasteiger partial charge < -0.3 is 4.90 Å². The number of nitrogens with zero attached hydrogens (tertiary/aromatic N) is 3.